The topological polar surface area (TPSA) is 26.3 Å². The molecule has 0 aromatic heterocycles. The molecule has 2 nitrogen and oxygen atoms in total. The van der Waals surface area contributed by atoms with E-state index in [0.29, 0.717) is 0 Å². The van der Waals surface area contributed by atoms with Gasteiger partial charge >= 0.3 is 0 Å². The number of carbonyl (C=O) groups excluding carboxylic acids is 1. The molecule has 0 aliphatic heterocycles. The van der Waals surface area contributed by atoms with Gasteiger partial charge < -0.3 is 4.74 Å². The van der Waals surface area contributed by atoms with E-state index in [9.17, 15) is 4.79 Å². The average Bonchev–Trinajstić information content (AvgIpc) is 2.41. The third-order valence-electron chi connectivity index (χ3n) is 3.22. The molecule has 1 aliphatic carbocycles. The predicted octanol–water partition coefficient (Wildman–Crippen LogP) is 3.63. The number of hydrogen-bond acceptors (Lipinski definition) is 2. The van der Waals surface area contributed by atoms with E-state index < -0.39 is 0 Å². The van der Waals surface area contributed by atoms with Crippen molar-refractivity contribution in [3.05, 3.63) is 48.1 Å². The fourth-order valence-electron chi connectivity index (χ4n) is 2.17. The number of hydrogen-bond donors (Lipinski definition) is 0. The van der Waals surface area contributed by atoms with E-state index in [1.807, 2.05) is 36.4 Å². The Morgan fingerprint density at radius 2 is 2.22 bits per heavy atom. The Hall–Kier alpha value is -1.83. The lowest BCUT2D eigenvalue weighted by molar-refractivity contribution is -0.118. The quantitative estimate of drug-likeness (QED) is 0.805. The molecule has 1 unspecified atom stereocenters. The second kappa shape index (κ2) is 6.20. The van der Waals surface area contributed by atoms with Crippen LogP contribution in [0.25, 0.3) is 6.08 Å². The Morgan fingerprint density at radius 3 is 3.00 bits per heavy atom. The summed E-state index contributed by atoms with van der Waals surface area (Å²) in [4.78, 5) is 11.6. The van der Waals surface area contributed by atoms with Crippen molar-refractivity contribution >= 4 is 11.9 Å². The summed E-state index contributed by atoms with van der Waals surface area (Å²) in [6.07, 6.45) is 10.6. The van der Waals surface area contributed by atoms with Gasteiger partial charge in [0.05, 0.1) is 7.11 Å². The highest BCUT2D eigenvalue weighted by Crippen LogP contribution is 2.22. The first-order chi connectivity index (χ1) is 8.81. The van der Waals surface area contributed by atoms with Crippen LogP contribution in [0.3, 0.4) is 0 Å². The molecule has 0 saturated carbocycles. The number of carbonyl (C=O) groups is 1. The van der Waals surface area contributed by atoms with E-state index in [4.69, 9.17) is 4.74 Å². The van der Waals surface area contributed by atoms with Gasteiger partial charge in [0, 0.05) is 11.5 Å². The molecule has 1 atom stereocenters. The third-order valence-corrected chi connectivity index (χ3v) is 3.22. The summed E-state index contributed by atoms with van der Waals surface area (Å²) in [5.74, 6) is 1.27. The number of para-hydroxylation sites is 1. The van der Waals surface area contributed by atoms with Gasteiger partial charge in [-0.3, -0.25) is 4.79 Å². The fraction of sp³-hybridized carbons (Fsp3) is 0.312. The molecule has 94 valence electrons. The Morgan fingerprint density at radius 1 is 1.39 bits per heavy atom. The molecule has 0 heterocycles. The van der Waals surface area contributed by atoms with E-state index in [1.54, 1.807) is 13.2 Å². The largest absolute Gasteiger partial charge is 0.496 e. The Balaban J connectivity index is 1.99. The number of methoxy groups -OCH3 is 1. The van der Waals surface area contributed by atoms with Crippen molar-refractivity contribution in [3.63, 3.8) is 0 Å². The SMILES string of the molecule is COc1ccccc1/C=C/CC1CCC=CC1=O. The van der Waals surface area contributed by atoms with Crippen molar-refractivity contribution in [2.24, 2.45) is 5.92 Å². The van der Waals surface area contributed by atoms with Gasteiger partial charge in [0.25, 0.3) is 0 Å². The second-order valence-electron chi connectivity index (χ2n) is 4.46. The highest BCUT2D eigenvalue weighted by molar-refractivity contribution is 5.92. The minimum atomic E-state index is 0.154. The lowest BCUT2D eigenvalue weighted by Gasteiger charge is -2.13. The summed E-state index contributed by atoms with van der Waals surface area (Å²) in [6.45, 7) is 0. The van der Waals surface area contributed by atoms with Crippen molar-refractivity contribution < 1.29 is 9.53 Å². The summed E-state index contributed by atoms with van der Waals surface area (Å²) in [7, 11) is 1.67. The molecule has 2 rings (SSSR count). The lowest BCUT2D eigenvalue weighted by Crippen LogP contribution is -2.13. The molecule has 1 aromatic carbocycles. The molecular weight excluding hydrogens is 224 g/mol. The zero-order valence-corrected chi connectivity index (χ0v) is 10.6. The van der Waals surface area contributed by atoms with Crippen LogP contribution in [-0.2, 0) is 4.79 Å². The van der Waals surface area contributed by atoms with Gasteiger partial charge in [0.15, 0.2) is 5.78 Å². The normalized spacial score (nSPS) is 19.4. The molecule has 0 bridgehead atoms. The summed E-state index contributed by atoms with van der Waals surface area (Å²) >= 11 is 0. The molecule has 0 spiro atoms. The maximum absolute atomic E-state index is 11.6. The van der Waals surface area contributed by atoms with Crippen LogP contribution in [0.5, 0.6) is 5.75 Å². The van der Waals surface area contributed by atoms with Crippen LogP contribution in [0.4, 0.5) is 0 Å². The number of ketones is 1. The average molecular weight is 242 g/mol. The van der Waals surface area contributed by atoms with Gasteiger partial charge in [-0.15, -0.1) is 0 Å². The number of allylic oxidation sites excluding steroid dienone is 3. The fourth-order valence-corrected chi connectivity index (χ4v) is 2.17. The molecule has 0 saturated heterocycles. The molecule has 1 aliphatic rings. The lowest BCUT2D eigenvalue weighted by atomic mass is 9.90. The summed E-state index contributed by atoms with van der Waals surface area (Å²) < 4.78 is 5.28. The Kier molecular flexibility index (Phi) is 4.35. The van der Waals surface area contributed by atoms with Gasteiger partial charge in [-0.25, -0.2) is 0 Å². The van der Waals surface area contributed by atoms with Crippen molar-refractivity contribution in [1.82, 2.24) is 0 Å². The molecule has 0 amide bonds. The van der Waals surface area contributed by atoms with Crippen molar-refractivity contribution in [2.45, 2.75) is 19.3 Å². The van der Waals surface area contributed by atoms with Gasteiger partial charge in [-0.2, -0.15) is 0 Å². The highest BCUT2D eigenvalue weighted by Gasteiger charge is 2.16. The van der Waals surface area contributed by atoms with Gasteiger partial charge in [0.2, 0.25) is 0 Å². The zero-order chi connectivity index (χ0) is 12.8. The van der Waals surface area contributed by atoms with Gasteiger partial charge in [-0.05, 0) is 31.4 Å². The minimum absolute atomic E-state index is 0.154. The van der Waals surface area contributed by atoms with Crippen LogP contribution in [0, 0.1) is 5.92 Å². The molecule has 18 heavy (non-hydrogen) atoms. The van der Waals surface area contributed by atoms with E-state index in [2.05, 4.69) is 6.08 Å². The Labute approximate surface area is 108 Å². The zero-order valence-electron chi connectivity index (χ0n) is 10.6. The van der Waals surface area contributed by atoms with Crippen LogP contribution < -0.4 is 4.74 Å². The Bertz CT molecular complexity index is 472. The van der Waals surface area contributed by atoms with Crippen LogP contribution in [0.15, 0.2) is 42.5 Å². The van der Waals surface area contributed by atoms with E-state index in [0.717, 1.165) is 30.6 Å². The smallest absolute Gasteiger partial charge is 0.158 e. The first kappa shape index (κ1) is 12.6. The van der Waals surface area contributed by atoms with Crippen molar-refractivity contribution in [1.29, 1.82) is 0 Å². The van der Waals surface area contributed by atoms with E-state index >= 15 is 0 Å². The first-order valence-corrected chi connectivity index (χ1v) is 6.31. The second-order valence-corrected chi connectivity index (χ2v) is 4.46. The van der Waals surface area contributed by atoms with Gasteiger partial charge in [-0.1, -0.05) is 36.4 Å². The maximum Gasteiger partial charge on any atom is 0.158 e. The predicted molar refractivity (Wildman–Crippen MR) is 73.5 cm³/mol. The molecular formula is C16H18O2. The van der Waals surface area contributed by atoms with Gasteiger partial charge in [0.1, 0.15) is 5.75 Å². The highest BCUT2D eigenvalue weighted by atomic mass is 16.5. The maximum atomic E-state index is 11.6. The summed E-state index contributed by atoms with van der Waals surface area (Å²) in [5, 5.41) is 0. The number of ether oxygens (including phenoxy) is 1. The number of benzene rings is 1. The summed E-state index contributed by atoms with van der Waals surface area (Å²) in [5.41, 5.74) is 1.05. The molecule has 2 heteroatoms. The van der Waals surface area contributed by atoms with Crippen LogP contribution >= 0.6 is 0 Å². The van der Waals surface area contributed by atoms with Crippen LogP contribution in [-0.4, -0.2) is 12.9 Å². The van der Waals surface area contributed by atoms with Crippen molar-refractivity contribution in [2.75, 3.05) is 7.11 Å². The minimum Gasteiger partial charge on any atom is -0.496 e. The monoisotopic (exact) mass is 242 g/mol. The first-order valence-electron chi connectivity index (χ1n) is 6.31. The summed E-state index contributed by atoms with van der Waals surface area (Å²) in [6, 6.07) is 7.88. The van der Waals surface area contributed by atoms with Crippen LogP contribution in [0.1, 0.15) is 24.8 Å². The van der Waals surface area contributed by atoms with E-state index in [-0.39, 0.29) is 11.7 Å². The molecule has 0 fully saturated rings. The van der Waals surface area contributed by atoms with Crippen molar-refractivity contribution in [3.8, 4) is 5.75 Å². The molecule has 0 N–H and O–H groups in total. The van der Waals surface area contributed by atoms with Crippen LogP contribution in [0.2, 0.25) is 0 Å². The standard InChI is InChI=1S/C16H18O2/c1-18-16-12-5-3-8-14(16)10-6-9-13-7-2-4-11-15(13)17/h3-6,8,10-13H,2,7,9H2,1H3/b10-6+. The number of rotatable bonds is 4. The molecule has 0 radical (unpaired) electrons. The molecule has 1 aromatic rings. The third kappa shape index (κ3) is 3.10. The van der Waals surface area contributed by atoms with E-state index in [1.165, 1.54) is 0 Å².